The summed E-state index contributed by atoms with van der Waals surface area (Å²) in [5.74, 6) is 0.00968. The maximum absolute atomic E-state index is 13.2. The highest BCUT2D eigenvalue weighted by Crippen LogP contribution is 2.24. The Morgan fingerprint density at radius 1 is 1.10 bits per heavy atom. The van der Waals surface area contributed by atoms with Crippen LogP contribution < -0.4 is 4.90 Å². The van der Waals surface area contributed by atoms with E-state index in [0.29, 0.717) is 18.7 Å². The fourth-order valence-electron chi connectivity index (χ4n) is 3.64. The minimum absolute atomic E-state index is 0.00968. The lowest BCUT2D eigenvalue weighted by Gasteiger charge is -2.36. The maximum atomic E-state index is 13.2. The van der Waals surface area contributed by atoms with E-state index < -0.39 is 0 Å². The second kappa shape index (κ2) is 7.34. The number of aryl methyl sites for hydroxylation is 1. The lowest BCUT2D eigenvalue weighted by molar-refractivity contribution is 0.0745. The largest absolute Gasteiger partial charge is 0.368 e. The van der Waals surface area contributed by atoms with Crippen LogP contribution in [-0.2, 0) is 5.41 Å². The zero-order valence-corrected chi connectivity index (χ0v) is 18.1. The van der Waals surface area contributed by atoms with Gasteiger partial charge in [-0.3, -0.25) is 4.79 Å². The van der Waals surface area contributed by atoms with Crippen molar-refractivity contribution >= 4 is 28.8 Å². The molecule has 0 unspecified atom stereocenters. The van der Waals surface area contributed by atoms with Crippen LogP contribution in [0.2, 0.25) is 5.02 Å². The lowest BCUT2D eigenvalue weighted by Crippen LogP contribution is -2.49. The van der Waals surface area contributed by atoms with Gasteiger partial charge in [-0.1, -0.05) is 38.4 Å². The van der Waals surface area contributed by atoms with E-state index in [9.17, 15) is 4.79 Å². The Hall–Kier alpha value is -2.60. The molecule has 6 nitrogen and oxygen atoms in total. The van der Waals surface area contributed by atoms with Crippen molar-refractivity contribution in [3.8, 4) is 0 Å². The summed E-state index contributed by atoms with van der Waals surface area (Å²) >= 11 is 6.11. The minimum atomic E-state index is -0.0685. The second-order valence-corrected chi connectivity index (χ2v) is 9.00. The molecule has 152 valence electrons. The summed E-state index contributed by atoms with van der Waals surface area (Å²) in [4.78, 5) is 21.8. The molecule has 0 atom stereocenters. The molecule has 3 aromatic rings. The molecule has 1 aromatic carbocycles. The number of halogens is 1. The maximum Gasteiger partial charge on any atom is 0.257 e. The zero-order valence-electron chi connectivity index (χ0n) is 17.3. The predicted octanol–water partition coefficient (Wildman–Crippen LogP) is 3.95. The number of nitrogens with zero attached hydrogens (tertiary/aromatic N) is 5. The highest BCUT2D eigenvalue weighted by molar-refractivity contribution is 6.30. The van der Waals surface area contributed by atoms with E-state index in [2.05, 4.69) is 36.7 Å². The third-order valence-corrected chi connectivity index (χ3v) is 5.70. The first-order valence-corrected chi connectivity index (χ1v) is 10.3. The quantitative estimate of drug-likeness (QED) is 0.640. The number of fused-ring (bicyclic) bond motifs is 1. The summed E-state index contributed by atoms with van der Waals surface area (Å²) in [6.07, 6.45) is 1.68. The van der Waals surface area contributed by atoms with E-state index in [0.717, 1.165) is 40.8 Å². The van der Waals surface area contributed by atoms with Crippen LogP contribution >= 0.6 is 11.6 Å². The molecular formula is C22H26ClN5O. The van der Waals surface area contributed by atoms with Crippen LogP contribution in [0.15, 0.2) is 36.5 Å². The van der Waals surface area contributed by atoms with Crippen LogP contribution in [0.4, 0.5) is 5.69 Å². The van der Waals surface area contributed by atoms with E-state index in [1.54, 1.807) is 10.7 Å². The van der Waals surface area contributed by atoms with Crippen LogP contribution in [0.5, 0.6) is 0 Å². The molecule has 1 amide bonds. The highest BCUT2D eigenvalue weighted by Gasteiger charge is 2.26. The van der Waals surface area contributed by atoms with Crippen LogP contribution in [0, 0.1) is 6.92 Å². The second-order valence-electron chi connectivity index (χ2n) is 8.57. The summed E-state index contributed by atoms with van der Waals surface area (Å²) in [5.41, 5.74) is 4.20. The molecule has 0 saturated carbocycles. The van der Waals surface area contributed by atoms with Crippen molar-refractivity contribution in [3.63, 3.8) is 0 Å². The Morgan fingerprint density at radius 2 is 1.83 bits per heavy atom. The lowest BCUT2D eigenvalue weighted by atomic mass is 9.93. The van der Waals surface area contributed by atoms with E-state index in [1.165, 1.54) is 0 Å². The Labute approximate surface area is 176 Å². The first kappa shape index (κ1) is 19.7. The van der Waals surface area contributed by atoms with E-state index in [-0.39, 0.29) is 11.3 Å². The normalized spacial score (nSPS) is 15.2. The number of anilines is 1. The number of hydrogen-bond donors (Lipinski definition) is 0. The van der Waals surface area contributed by atoms with Crippen LogP contribution in [0.1, 0.15) is 42.5 Å². The van der Waals surface area contributed by atoms with Crippen molar-refractivity contribution in [2.75, 3.05) is 31.1 Å². The highest BCUT2D eigenvalue weighted by atomic mass is 35.5. The van der Waals surface area contributed by atoms with Crippen LogP contribution in [-0.4, -0.2) is 51.6 Å². The average molecular weight is 412 g/mol. The van der Waals surface area contributed by atoms with Gasteiger partial charge in [-0.25, -0.2) is 9.50 Å². The molecule has 1 aliphatic heterocycles. The molecule has 1 fully saturated rings. The van der Waals surface area contributed by atoms with E-state index in [4.69, 9.17) is 16.7 Å². The molecule has 3 heterocycles. The van der Waals surface area contributed by atoms with Crippen molar-refractivity contribution < 1.29 is 4.79 Å². The average Bonchev–Trinajstić information content (AvgIpc) is 3.14. The summed E-state index contributed by atoms with van der Waals surface area (Å²) in [6, 6.07) is 9.83. The standard InChI is InChI=1S/C22H26ClN5O/c1-15-18(14-24-20-13-19(22(2,3)4)25-28(15)20)21(29)27-10-8-26(9-11-27)17-7-5-6-16(23)12-17/h5-7,12-14H,8-11H2,1-4H3. The monoisotopic (exact) mass is 411 g/mol. The third kappa shape index (κ3) is 3.81. The first-order valence-electron chi connectivity index (χ1n) is 9.90. The van der Waals surface area contributed by atoms with Gasteiger partial charge in [0.2, 0.25) is 0 Å². The zero-order chi connectivity index (χ0) is 20.8. The van der Waals surface area contributed by atoms with Crippen molar-refractivity contribution in [1.29, 1.82) is 0 Å². The molecule has 1 saturated heterocycles. The van der Waals surface area contributed by atoms with Gasteiger partial charge in [0, 0.05) is 54.6 Å². The van der Waals surface area contributed by atoms with Gasteiger partial charge in [-0.15, -0.1) is 0 Å². The van der Waals surface area contributed by atoms with Gasteiger partial charge >= 0.3 is 0 Å². The van der Waals surface area contributed by atoms with Crippen molar-refractivity contribution in [2.24, 2.45) is 0 Å². The third-order valence-electron chi connectivity index (χ3n) is 5.46. The number of carbonyl (C=O) groups is 1. The molecule has 0 bridgehead atoms. The Morgan fingerprint density at radius 3 is 2.48 bits per heavy atom. The molecule has 1 aliphatic rings. The molecule has 0 N–H and O–H groups in total. The number of rotatable bonds is 2. The number of amides is 1. The molecule has 0 spiro atoms. The van der Waals surface area contributed by atoms with Crippen molar-refractivity contribution in [3.05, 3.63) is 58.5 Å². The summed E-state index contributed by atoms with van der Waals surface area (Å²) in [7, 11) is 0. The SMILES string of the molecule is Cc1c(C(=O)N2CCN(c3cccc(Cl)c3)CC2)cnc2cc(C(C)(C)C)nn12. The van der Waals surface area contributed by atoms with Crippen molar-refractivity contribution in [2.45, 2.75) is 33.1 Å². The van der Waals surface area contributed by atoms with Gasteiger partial charge < -0.3 is 9.80 Å². The van der Waals surface area contributed by atoms with Crippen LogP contribution in [0.3, 0.4) is 0 Å². The fraction of sp³-hybridized carbons (Fsp3) is 0.409. The molecule has 0 aliphatic carbocycles. The number of carbonyl (C=O) groups excluding carboxylic acids is 1. The van der Waals surface area contributed by atoms with Gasteiger partial charge in [0.1, 0.15) is 0 Å². The summed E-state index contributed by atoms with van der Waals surface area (Å²) in [5, 5.41) is 5.42. The van der Waals surface area contributed by atoms with E-state index in [1.807, 2.05) is 36.1 Å². The van der Waals surface area contributed by atoms with Gasteiger partial charge in [-0.05, 0) is 25.1 Å². The molecule has 4 rings (SSSR count). The van der Waals surface area contributed by atoms with Gasteiger partial charge in [0.25, 0.3) is 5.91 Å². The number of benzene rings is 1. The predicted molar refractivity (Wildman–Crippen MR) is 116 cm³/mol. The van der Waals surface area contributed by atoms with Gasteiger partial charge in [0.15, 0.2) is 5.65 Å². The van der Waals surface area contributed by atoms with Gasteiger partial charge in [-0.2, -0.15) is 5.10 Å². The Bertz CT molecular complexity index is 1060. The topological polar surface area (TPSA) is 53.7 Å². The summed E-state index contributed by atoms with van der Waals surface area (Å²) in [6.45, 7) is 11.2. The minimum Gasteiger partial charge on any atom is -0.368 e. The van der Waals surface area contributed by atoms with Crippen LogP contribution in [0.25, 0.3) is 5.65 Å². The first-order chi connectivity index (χ1) is 13.7. The van der Waals surface area contributed by atoms with Crippen molar-refractivity contribution in [1.82, 2.24) is 19.5 Å². The Kier molecular flexibility index (Phi) is 4.99. The molecule has 29 heavy (non-hydrogen) atoms. The fourth-order valence-corrected chi connectivity index (χ4v) is 3.82. The molecule has 2 aromatic heterocycles. The molecule has 7 heteroatoms. The molecular weight excluding hydrogens is 386 g/mol. The Balaban J connectivity index is 1.53. The summed E-state index contributed by atoms with van der Waals surface area (Å²) < 4.78 is 1.79. The number of hydrogen-bond acceptors (Lipinski definition) is 4. The number of aromatic nitrogens is 3. The smallest absolute Gasteiger partial charge is 0.257 e. The van der Waals surface area contributed by atoms with E-state index >= 15 is 0 Å². The number of piperazine rings is 1. The molecule has 0 radical (unpaired) electrons. The van der Waals surface area contributed by atoms with Gasteiger partial charge in [0.05, 0.1) is 17.0 Å².